The Kier molecular flexibility index (Phi) is 4.99. The van der Waals surface area contributed by atoms with Crippen LogP contribution in [0, 0.1) is 0 Å². The lowest BCUT2D eigenvalue weighted by molar-refractivity contribution is 0.193. The van der Waals surface area contributed by atoms with Crippen LogP contribution in [-0.4, -0.2) is 57.3 Å². The zero-order chi connectivity index (χ0) is 17.8. The second-order valence-corrected chi connectivity index (χ2v) is 6.88. The summed E-state index contributed by atoms with van der Waals surface area (Å²) in [5.74, 6) is 0.867. The van der Waals surface area contributed by atoms with Crippen LogP contribution in [0.3, 0.4) is 0 Å². The number of carbonyl (C=O) groups excluding carboxylic acids is 1. The highest BCUT2D eigenvalue weighted by atomic mass is 16.2. The van der Waals surface area contributed by atoms with E-state index in [4.69, 9.17) is 0 Å². The van der Waals surface area contributed by atoms with Gasteiger partial charge in [-0.05, 0) is 31.2 Å². The standard InChI is InChI=1S/C18H25N7O/c26-18(21-12-16-14-4-2-1-3-5-15(14)22-23-16)25-10-8-24(9-11-25)17-13-19-6-7-20-17/h6-7,13H,1-5,8-12H2,(H,21,26)(H,22,23). The molecule has 2 aromatic rings. The van der Waals surface area contributed by atoms with Crippen molar-refractivity contribution in [3.63, 3.8) is 0 Å². The van der Waals surface area contributed by atoms with Crippen molar-refractivity contribution in [2.45, 2.75) is 38.6 Å². The number of piperazine rings is 1. The number of hydrogen-bond acceptors (Lipinski definition) is 5. The van der Waals surface area contributed by atoms with E-state index < -0.39 is 0 Å². The summed E-state index contributed by atoms with van der Waals surface area (Å²) >= 11 is 0. The molecule has 0 unspecified atom stereocenters. The molecule has 1 aliphatic carbocycles. The molecule has 0 bridgehead atoms. The molecular formula is C18H25N7O. The number of aromatic amines is 1. The topological polar surface area (TPSA) is 90.0 Å². The van der Waals surface area contributed by atoms with Crippen molar-refractivity contribution in [3.8, 4) is 0 Å². The van der Waals surface area contributed by atoms with E-state index in [0.29, 0.717) is 19.6 Å². The third-order valence-electron chi connectivity index (χ3n) is 5.24. The van der Waals surface area contributed by atoms with E-state index in [1.54, 1.807) is 18.6 Å². The highest BCUT2D eigenvalue weighted by Crippen LogP contribution is 2.21. The first-order valence-electron chi connectivity index (χ1n) is 9.40. The Hall–Kier alpha value is -2.64. The SMILES string of the molecule is O=C(NCc1n[nH]c2c1CCCCC2)N1CCN(c2cnccn2)CC1. The smallest absolute Gasteiger partial charge is 0.317 e. The van der Waals surface area contributed by atoms with Gasteiger partial charge < -0.3 is 15.1 Å². The van der Waals surface area contributed by atoms with Gasteiger partial charge in [0.05, 0.1) is 18.4 Å². The van der Waals surface area contributed by atoms with Crippen LogP contribution in [0.2, 0.25) is 0 Å². The number of anilines is 1. The molecule has 8 heteroatoms. The summed E-state index contributed by atoms with van der Waals surface area (Å²) in [7, 11) is 0. The van der Waals surface area contributed by atoms with Crippen LogP contribution < -0.4 is 10.2 Å². The maximum Gasteiger partial charge on any atom is 0.317 e. The first-order chi connectivity index (χ1) is 12.8. The predicted octanol–water partition coefficient (Wildman–Crippen LogP) is 1.50. The Morgan fingerprint density at radius 2 is 1.96 bits per heavy atom. The number of H-pyrrole nitrogens is 1. The van der Waals surface area contributed by atoms with Crippen LogP contribution >= 0.6 is 0 Å². The number of hydrogen-bond donors (Lipinski definition) is 2. The Morgan fingerprint density at radius 1 is 1.12 bits per heavy atom. The fourth-order valence-corrected chi connectivity index (χ4v) is 3.74. The highest BCUT2D eigenvalue weighted by Gasteiger charge is 2.22. The third kappa shape index (κ3) is 3.63. The van der Waals surface area contributed by atoms with Gasteiger partial charge in [0.25, 0.3) is 0 Å². The fraction of sp³-hybridized carbons (Fsp3) is 0.556. The number of aryl methyl sites for hydroxylation is 1. The quantitative estimate of drug-likeness (QED) is 0.815. The minimum atomic E-state index is -0.0193. The van der Waals surface area contributed by atoms with Gasteiger partial charge in [-0.2, -0.15) is 5.10 Å². The summed E-state index contributed by atoms with van der Waals surface area (Å²) < 4.78 is 0. The minimum absolute atomic E-state index is 0.0193. The van der Waals surface area contributed by atoms with Crippen LogP contribution in [-0.2, 0) is 19.4 Å². The van der Waals surface area contributed by atoms with Gasteiger partial charge in [0.1, 0.15) is 5.82 Å². The molecule has 0 aromatic carbocycles. The Balaban J connectivity index is 1.29. The average molecular weight is 355 g/mol. The highest BCUT2D eigenvalue weighted by molar-refractivity contribution is 5.74. The third-order valence-corrected chi connectivity index (χ3v) is 5.24. The minimum Gasteiger partial charge on any atom is -0.352 e. The van der Waals surface area contributed by atoms with E-state index in [1.165, 1.54) is 30.5 Å². The van der Waals surface area contributed by atoms with Gasteiger partial charge in [-0.25, -0.2) is 9.78 Å². The largest absolute Gasteiger partial charge is 0.352 e. The van der Waals surface area contributed by atoms with Gasteiger partial charge >= 0.3 is 6.03 Å². The van der Waals surface area contributed by atoms with Crippen molar-refractivity contribution in [2.24, 2.45) is 0 Å². The molecule has 26 heavy (non-hydrogen) atoms. The zero-order valence-corrected chi connectivity index (χ0v) is 14.9. The van der Waals surface area contributed by atoms with Crippen molar-refractivity contribution in [2.75, 3.05) is 31.1 Å². The molecule has 8 nitrogen and oxygen atoms in total. The van der Waals surface area contributed by atoms with E-state index in [9.17, 15) is 4.79 Å². The molecule has 0 atom stereocenters. The number of nitrogens with one attached hydrogen (secondary N) is 2. The number of amides is 2. The molecule has 1 saturated heterocycles. The maximum atomic E-state index is 12.5. The van der Waals surface area contributed by atoms with E-state index in [1.807, 2.05) is 4.90 Å². The number of fused-ring (bicyclic) bond motifs is 1. The summed E-state index contributed by atoms with van der Waals surface area (Å²) in [5.41, 5.74) is 3.56. The molecule has 1 aliphatic heterocycles. The average Bonchev–Trinajstić information content (AvgIpc) is 2.93. The van der Waals surface area contributed by atoms with Crippen molar-refractivity contribution in [1.29, 1.82) is 0 Å². The van der Waals surface area contributed by atoms with Crippen LogP contribution in [0.1, 0.15) is 36.2 Å². The number of rotatable bonds is 3. The summed E-state index contributed by atoms with van der Waals surface area (Å²) in [5, 5.41) is 10.6. The van der Waals surface area contributed by atoms with E-state index in [0.717, 1.165) is 37.4 Å². The van der Waals surface area contributed by atoms with Crippen molar-refractivity contribution in [3.05, 3.63) is 35.5 Å². The molecule has 2 amide bonds. The summed E-state index contributed by atoms with van der Waals surface area (Å²) in [6, 6.07) is -0.0193. The molecule has 0 spiro atoms. The molecule has 0 radical (unpaired) electrons. The van der Waals surface area contributed by atoms with Gasteiger partial charge in [0, 0.05) is 44.3 Å². The fourth-order valence-electron chi connectivity index (χ4n) is 3.74. The molecule has 2 aliphatic rings. The Bertz CT molecular complexity index is 737. The molecule has 2 aromatic heterocycles. The predicted molar refractivity (Wildman–Crippen MR) is 97.9 cm³/mol. The molecule has 1 fully saturated rings. The molecular weight excluding hydrogens is 330 g/mol. The first kappa shape index (κ1) is 16.8. The van der Waals surface area contributed by atoms with Gasteiger partial charge in [-0.1, -0.05) is 6.42 Å². The van der Waals surface area contributed by atoms with Gasteiger partial charge in [-0.3, -0.25) is 10.1 Å². The van der Waals surface area contributed by atoms with Gasteiger partial charge in [-0.15, -0.1) is 0 Å². The van der Waals surface area contributed by atoms with E-state index in [-0.39, 0.29) is 6.03 Å². The Labute approximate surface area is 153 Å². The van der Waals surface area contributed by atoms with E-state index in [2.05, 4.69) is 30.4 Å². The number of nitrogens with zero attached hydrogens (tertiary/aromatic N) is 5. The summed E-state index contributed by atoms with van der Waals surface area (Å²) in [6.07, 6.45) is 11.0. The normalized spacial score (nSPS) is 17.5. The van der Waals surface area contributed by atoms with Gasteiger partial charge in [0.15, 0.2) is 0 Å². The molecule has 2 N–H and O–H groups in total. The Morgan fingerprint density at radius 3 is 2.77 bits per heavy atom. The van der Waals surface area contributed by atoms with Gasteiger partial charge in [0.2, 0.25) is 0 Å². The van der Waals surface area contributed by atoms with Crippen molar-refractivity contribution >= 4 is 11.8 Å². The summed E-state index contributed by atoms with van der Waals surface area (Å²) in [6.45, 7) is 3.39. The number of aromatic nitrogens is 4. The molecule has 4 rings (SSSR count). The lowest BCUT2D eigenvalue weighted by Gasteiger charge is -2.35. The van der Waals surface area contributed by atoms with Crippen molar-refractivity contribution in [1.82, 2.24) is 30.4 Å². The first-order valence-corrected chi connectivity index (χ1v) is 9.40. The number of carbonyl (C=O) groups is 1. The summed E-state index contributed by atoms with van der Waals surface area (Å²) in [4.78, 5) is 24.9. The monoisotopic (exact) mass is 355 g/mol. The zero-order valence-electron chi connectivity index (χ0n) is 14.9. The van der Waals surface area contributed by atoms with Crippen LogP contribution in [0.4, 0.5) is 10.6 Å². The molecule has 3 heterocycles. The van der Waals surface area contributed by atoms with Crippen LogP contribution in [0.5, 0.6) is 0 Å². The molecule has 0 saturated carbocycles. The van der Waals surface area contributed by atoms with Crippen molar-refractivity contribution < 1.29 is 4.79 Å². The lowest BCUT2D eigenvalue weighted by atomic mass is 10.1. The number of urea groups is 1. The van der Waals surface area contributed by atoms with Crippen LogP contribution in [0.15, 0.2) is 18.6 Å². The second-order valence-electron chi connectivity index (χ2n) is 6.88. The molecule has 138 valence electrons. The van der Waals surface area contributed by atoms with E-state index >= 15 is 0 Å². The second kappa shape index (κ2) is 7.72. The maximum absolute atomic E-state index is 12.5. The van der Waals surface area contributed by atoms with Crippen LogP contribution in [0.25, 0.3) is 0 Å². The lowest BCUT2D eigenvalue weighted by Crippen LogP contribution is -2.52.